The molecule has 0 atom stereocenters. The molecule has 0 spiro atoms. The van der Waals surface area contributed by atoms with Crippen LogP contribution in [0.4, 0.5) is 17.6 Å². The highest BCUT2D eigenvalue weighted by atomic mass is 19.2. The van der Waals surface area contributed by atoms with Gasteiger partial charge in [-0.2, -0.15) is 8.78 Å². The van der Waals surface area contributed by atoms with Crippen molar-refractivity contribution in [1.29, 1.82) is 0 Å². The molecule has 0 unspecified atom stereocenters. The van der Waals surface area contributed by atoms with Crippen LogP contribution < -0.4 is 10.1 Å². The molecule has 0 aliphatic carbocycles. The van der Waals surface area contributed by atoms with Crippen LogP contribution in [0.5, 0.6) is 5.75 Å². The van der Waals surface area contributed by atoms with E-state index in [0.29, 0.717) is 85.6 Å². The molecule has 11 nitrogen and oxygen atoms in total. The Morgan fingerprint density at radius 2 is 0.913 bits per heavy atom. The number of benzene rings is 1. The highest BCUT2D eigenvalue weighted by molar-refractivity contribution is 5.75. The van der Waals surface area contributed by atoms with Gasteiger partial charge in [0.2, 0.25) is 23.3 Å². The molecule has 0 aliphatic heterocycles. The van der Waals surface area contributed by atoms with Crippen LogP contribution in [-0.2, 0) is 42.7 Å². The van der Waals surface area contributed by atoms with Crippen LogP contribution in [-0.4, -0.2) is 111 Å². The van der Waals surface area contributed by atoms with Gasteiger partial charge in [-0.05, 0) is 18.8 Å². The molecule has 0 fully saturated rings. The number of amides is 1. The van der Waals surface area contributed by atoms with E-state index in [1.165, 1.54) is 0 Å². The highest BCUT2D eigenvalue weighted by Gasteiger charge is 2.26. The van der Waals surface area contributed by atoms with Gasteiger partial charge in [-0.25, -0.2) is 8.78 Å². The third kappa shape index (κ3) is 20.0. The predicted octanol–water partition coefficient (Wildman–Crippen LogP) is 3.91. The fourth-order valence-corrected chi connectivity index (χ4v) is 3.38. The Morgan fingerprint density at radius 3 is 1.28 bits per heavy atom. The summed E-state index contributed by atoms with van der Waals surface area (Å²) >= 11 is 0. The second kappa shape index (κ2) is 24.7. The predicted molar refractivity (Wildman–Crippen MR) is 159 cm³/mol. The summed E-state index contributed by atoms with van der Waals surface area (Å²) in [5.41, 5.74) is -0.656. The summed E-state index contributed by atoms with van der Waals surface area (Å²) in [5.74, 6) is -9.36. The molecule has 1 aromatic rings. The van der Waals surface area contributed by atoms with Crippen molar-refractivity contribution >= 4 is 11.9 Å². The zero-order valence-corrected chi connectivity index (χ0v) is 27.3. The lowest BCUT2D eigenvalue weighted by atomic mass is 9.92. The van der Waals surface area contributed by atoms with Gasteiger partial charge in [0.1, 0.15) is 0 Å². The maximum Gasteiger partial charge on any atom is 0.313 e. The number of halogens is 4. The van der Waals surface area contributed by atoms with Crippen molar-refractivity contribution in [3.63, 3.8) is 0 Å². The zero-order valence-electron chi connectivity index (χ0n) is 27.3. The molecule has 0 aromatic heterocycles. The fourth-order valence-electron chi connectivity index (χ4n) is 3.38. The van der Waals surface area contributed by atoms with E-state index in [1.54, 1.807) is 0 Å². The summed E-state index contributed by atoms with van der Waals surface area (Å²) in [6.07, 6.45) is 0.862. The van der Waals surface area contributed by atoms with Crippen LogP contribution in [0.3, 0.4) is 0 Å². The van der Waals surface area contributed by atoms with Crippen LogP contribution in [0.2, 0.25) is 0 Å². The zero-order chi connectivity index (χ0) is 34.2. The van der Waals surface area contributed by atoms with Crippen molar-refractivity contribution < 1.29 is 65.0 Å². The van der Waals surface area contributed by atoms with E-state index in [-0.39, 0.29) is 31.1 Å². The summed E-state index contributed by atoms with van der Waals surface area (Å²) < 4.78 is 96.5. The molecular formula is C31H49F4NO10. The molecule has 1 rings (SSSR count). The molecule has 0 saturated heterocycles. The highest BCUT2D eigenvalue weighted by Crippen LogP contribution is 2.29. The van der Waals surface area contributed by atoms with Gasteiger partial charge in [-0.3, -0.25) is 9.59 Å². The molecule has 0 heterocycles. The first-order chi connectivity index (χ1) is 21.9. The summed E-state index contributed by atoms with van der Waals surface area (Å²) in [4.78, 5) is 23.4. The van der Waals surface area contributed by atoms with Crippen molar-refractivity contribution in [3.05, 3.63) is 28.8 Å². The van der Waals surface area contributed by atoms with E-state index in [4.69, 9.17) is 33.2 Å². The molecule has 1 N–H and O–H groups in total. The number of carbonyl (C=O) groups is 2. The van der Waals surface area contributed by atoms with Crippen molar-refractivity contribution in [2.75, 3.05) is 99.0 Å². The van der Waals surface area contributed by atoms with Gasteiger partial charge in [0.05, 0.1) is 98.9 Å². The molecule has 46 heavy (non-hydrogen) atoms. The Bertz CT molecular complexity index is 982. The van der Waals surface area contributed by atoms with Crippen LogP contribution in [0.1, 0.15) is 45.6 Å². The number of hydrogen-bond donors (Lipinski definition) is 1. The summed E-state index contributed by atoms with van der Waals surface area (Å²) in [6, 6.07) is 0. The van der Waals surface area contributed by atoms with Crippen LogP contribution >= 0.6 is 0 Å². The fraction of sp³-hybridized carbons (Fsp3) is 0.742. The number of nitrogens with one attached hydrogen (secondary N) is 1. The lowest BCUT2D eigenvalue weighted by Crippen LogP contribution is -2.28. The van der Waals surface area contributed by atoms with Gasteiger partial charge in [0, 0.05) is 18.5 Å². The van der Waals surface area contributed by atoms with Crippen molar-refractivity contribution in [2.24, 2.45) is 5.41 Å². The summed E-state index contributed by atoms with van der Waals surface area (Å²) in [6.45, 7) is 12.4. The standard InChI is InChI=1S/C31H49F4NO10/c1-23-26(32)28(34)30(29(35)27(23)33)46-25(38)6-10-40-12-14-42-16-18-44-20-22-45-21-19-43-17-15-41-13-11-39-9-5-24(37)36-8-7-31(2,3)4/h5-22H2,1-4H3,(H,36,37). The number of esters is 1. The molecule has 0 aliphatic rings. The second-order valence-corrected chi connectivity index (χ2v) is 11.1. The maximum atomic E-state index is 13.8. The van der Waals surface area contributed by atoms with E-state index >= 15 is 0 Å². The average Bonchev–Trinajstić information content (AvgIpc) is 3.00. The molecule has 1 amide bonds. The third-order valence-corrected chi connectivity index (χ3v) is 6.01. The van der Waals surface area contributed by atoms with Gasteiger partial charge in [0.15, 0.2) is 11.6 Å². The number of hydrogen-bond acceptors (Lipinski definition) is 10. The monoisotopic (exact) mass is 671 g/mol. The van der Waals surface area contributed by atoms with E-state index < -0.39 is 47.0 Å². The van der Waals surface area contributed by atoms with Crippen molar-refractivity contribution in [2.45, 2.75) is 47.0 Å². The molecule has 15 heteroatoms. The van der Waals surface area contributed by atoms with E-state index in [9.17, 15) is 27.2 Å². The van der Waals surface area contributed by atoms with E-state index in [1.807, 2.05) is 0 Å². The lowest BCUT2D eigenvalue weighted by molar-refractivity contribution is -0.136. The lowest BCUT2D eigenvalue weighted by Gasteiger charge is -2.17. The SMILES string of the molecule is Cc1c(F)c(F)c(OC(=O)CCOCCOCCOCCOCCOCCOCCOCCC(=O)NCCC(C)(C)C)c(F)c1F. The topological polar surface area (TPSA) is 120 Å². The van der Waals surface area contributed by atoms with E-state index in [2.05, 4.69) is 30.8 Å². The first kappa shape index (κ1) is 41.6. The van der Waals surface area contributed by atoms with Crippen molar-refractivity contribution in [3.8, 4) is 5.75 Å². The Kier molecular flexibility index (Phi) is 22.4. The summed E-state index contributed by atoms with van der Waals surface area (Å²) in [5, 5.41) is 2.89. The number of ether oxygens (including phenoxy) is 8. The minimum absolute atomic E-state index is 0.0117. The van der Waals surface area contributed by atoms with Gasteiger partial charge < -0.3 is 43.2 Å². The Morgan fingerprint density at radius 1 is 0.565 bits per heavy atom. The summed E-state index contributed by atoms with van der Waals surface area (Å²) in [7, 11) is 0. The minimum atomic E-state index is -1.78. The van der Waals surface area contributed by atoms with Crippen molar-refractivity contribution in [1.82, 2.24) is 5.32 Å². The molecule has 0 bridgehead atoms. The van der Waals surface area contributed by atoms with E-state index in [0.717, 1.165) is 13.3 Å². The Balaban J connectivity index is 1.82. The normalized spacial score (nSPS) is 11.7. The largest absolute Gasteiger partial charge is 0.420 e. The quantitative estimate of drug-likeness (QED) is 0.0485. The smallest absolute Gasteiger partial charge is 0.313 e. The molecule has 266 valence electrons. The molecule has 0 radical (unpaired) electrons. The van der Waals surface area contributed by atoms with Crippen LogP contribution in [0, 0.1) is 35.6 Å². The average molecular weight is 672 g/mol. The molecular weight excluding hydrogens is 622 g/mol. The molecule has 0 saturated carbocycles. The van der Waals surface area contributed by atoms with Gasteiger partial charge in [0.25, 0.3) is 0 Å². The second-order valence-electron chi connectivity index (χ2n) is 11.1. The third-order valence-electron chi connectivity index (χ3n) is 6.01. The Labute approximate surface area is 268 Å². The maximum absolute atomic E-state index is 13.8. The molecule has 1 aromatic carbocycles. The van der Waals surface area contributed by atoms with Crippen LogP contribution in [0.25, 0.3) is 0 Å². The first-order valence-corrected chi connectivity index (χ1v) is 15.3. The Hall–Kier alpha value is -2.40. The van der Waals surface area contributed by atoms with Gasteiger partial charge in [-0.1, -0.05) is 20.8 Å². The van der Waals surface area contributed by atoms with Gasteiger partial charge >= 0.3 is 5.97 Å². The van der Waals surface area contributed by atoms with Gasteiger partial charge in [-0.15, -0.1) is 0 Å². The number of rotatable bonds is 27. The first-order valence-electron chi connectivity index (χ1n) is 15.3. The van der Waals surface area contributed by atoms with Crippen LogP contribution in [0.15, 0.2) is 0 Å². The minimum Gasteiger partial charge on any atom is -0.420 e. The number of carbonyl (C=O) groups excluding carboxylic acids is 2.